The van der Waals surface area contributed by atoms with Gasteiger partial charge in [-0.15, -0.1) is 45.3 Å². The number of carbonyl (C=O) groups excluding carboxylic acids is 12. The molecule has 0 radical (unpaired) electrons. The average Bonchev–Trinajstić information content (AvgIpc) is 0.915. The molecular formula is C90H75Cl4N21O22S8. The highest BCUT2D eigenvalue weighted by Crippen LogP contribution is 2.39. The van der Waals surface area contributed by atoms with Crippen LogP contribution in [0.25, 0.3) is 0 Å². The summed E-state index contributed by atoms with van der Waals surface area (Å²) in [7, 11) is -16.4. The Morgan fingerprint density at radius 2 is 0.759 bits per heavy atom. The number of anilines is 11. The third kappa shape index (κ3) is 23.7. The predicted octanol–water partition coefficient (Wildman–Crippen LogP) is 12.0. The van der Waals surface area contributed by atoms with Crippen molar-refractivity contribution in [2.24, 2.45) is 4.99 Å². The van der Waals surface area contributed by atoms with Crippen LogP contribution >= 0.6 is 91.8 Å². The smallest absolute Gasteiger partial charge is 0.333 e. The molecule has 8 aliphatic heterocycles. The molecule has 8 aromatic heterocycles. The lowest BCUT2D eigenvalue weighted by molar-refractivity contribution is -0.118. The zero-order chi connectivity index (χ0) is 103. The molecule has 748 valence electrons. The van der Waals surface area contributed by atoms with Crippen molar-refractivity contribution in [3.8, 4) is 0 Å². The monoisotopic (exact) mass is 2200 g/mol. The van der Waals surface area contributed by atoms with Crippen LogP contribution in [0.2, 0.25) is 17.3 Å². The molecular weight excluding hydrogens is 2130 g/mol. The third-order valence-corrected chi connectivity index (χ3v) is 34.7. The van der Waals surface area contributed by atoms with Gasteiger partial charge in [0.05, 0.1) is 110 Å². The van der Waals surface area contributed by atoms with Crippen molar-refractivity contribution in [2.45, 2.75) is 61.8 Å². The number of ether oxygens (including phenoxy) is 2. The van der Waals surface area contributed by atoms with E-state index < -0.39 is 111 Å². The third-order valence-electron chi connectivity index (χ3n) is 22.5. The van der Waals surface area contributed by atoms with E-state index in [4.69, 9.17) is 55.9 Å². The first-order valence-electron chi connectivity index (χ1n) is 43.3. The van der Waals surface area contributed by atoms with E-state index in [2.05, 4.69) is 67.0 Å². The number of amides is 16. The minimum Gasteiger partial charge on any atom is -0.476 e. The standard InChI is InChI=1S/C26H27ClN6O6S2.C22H16ClN5O6S2.2C21H16ClN5O5S2/c27-21-5-7-24(40-21)41(37,38)31-26(36)30-19-3-6-22(29-16-19)33-23(34)15-17-14-18(2-4-20(17)25(33)35)28-8-1-9-32-10-12-39-13-11-32;23-16-4-6-19(35-16)36(32,33)27-22(31)26-14-2-5-17(25-11-14)28-18(29)10-13-9-12(20-24-7-8-34-20)1-3-15(13)21(28)30;22-16-4-6-19(33-16)34(31,32)26-21(30)25-11-1-5-17(24-10-11)27-18(28)9-14-12-7-8-23-15(12)3-2-13(14)20(27)29;22-16-2-4-19(33-16)34(31,32)26-21(30)25-13-1-3-17(24-10-13)27-18(28)9-12-8-15-11(5-6-23-15)7-14(12)20(27)29/h2-7,14,16,28H,1,8-13,15H2,(H2,30,31,36);1-6,9,11H,7-8,10H2,(H2,26,27,31);1-6,10,23H,7-9H2,(H2,25,26,30);1-4,7-8,10,23H,5-6,9H2,(H2,25,26,30). The van der Waals surface area contributed by atoms with Gasteiger partial charge < -0.3 is 46.7 Å². The lowest BCUT2D eigenvalue weighted by atomic mass is 9.92. The number of benzene rings is 4. The summed E-state index contributed by atoms with van der Waals surface area (Å²) in [6.07, 6.45) is 7.57. The number of sulfonamides is 4. The van der Waals surface area contributed by atoms with Crippen molar-refractivity contribution < 1.29 is 101 Å². The number of hydrogen-bond acceptors (Lipinski definition) is 35. The Morgan fingerprint density at radius 3 is 1.17 bits per heavy atom. The molecule has 0 bridgehead atoms. The molecule has 0 unspecified atom stereocenters. The topological polar surface area (TPSA) is 572 Å². The number of aromatic nitrogens is 4. The Bertz CT molecular complexity index is 7670. The number of carbonyl (C=O) groups is 12. The molecule has 1 saturated heterocycles. The molecule has 43 nitrogen and oxygen atoms in total. The fraction of sp³-hybridized carbons (Fsp3) is 0.189. The Morgan fingerprint density at radius 1 is 0.379 bits per heavy atom. The van der Waals surface area contributed by atoms with Crippen LogP contribution in [0.5, 0.6) is 0 Å². The van der Waals surface area contributed by atoms with Gasteiger partial charge in [-0.05, 0) is 217 Å². The molecule has 0 saturated carbocycles. The van der Waals surface area contributed by atoms with Crippen molar-refractivity contribution in [1.82, 2.24) is 43.7 Å². The molecule has 0 aliphatic carbocycles. The number of halogens is 4. The number of urea groups is 4. The van der Waals surface area contributed by atoms with Gasteiger partial charge in [0.15, 0.2) is 0 Å². The van der Waals surface area contributed by atoms with Crippen molar-refractivity contribution in [1.29, 1.82) is 0 Å². The molecule has 12 aromatic rings. The SMILES string of the molecule is O=C(Nc1ccc(N2C(=O)Cc3c(ccc4c3CCN4)C2=O)nc1)NS(=O)(=O)c1ccc(Cl)s1.O=C(Nc1ccc(N2C(=O)Cc3cc(C4=NCCO4)ccc3C2=O)nc1)NS(=O)(=O)c1ccc(Cl)s1.O=C(Nc1ccc(N2C(=O)Cc3cc(NCCCN4CCOCC4)ccc3C2=O)nc1)NS(=O)(=O)c1ccc(Cl)s1.O=C(Nc1ccc(N2C(=O)Cc3cc4c(cc3C2=O)CCN4)nc1)NS(=O)(=O)c1ccc(Cl)s1. The minimum absolute atomic E-state index is 0.0170. The molecule has 4 aromatic carbocycles. The van der Waals surface area contributed by atoms with Crippen LogP contribution in [0.15, 0.2) is 204 Å². The number of thiophene rings is 4. The summed E-state index contributed by atoms with van der Waals surface area (Å²) in [5.74, 6) is -2.83. The molecule has 16 heterocycles. The number of fused-ring (bicyclic) bond motifs is 7. The van der Waals surface area contributed by atoms with E-state index in [0.29, 0.717) is 63.6 Å². The highest BCUT2D eigenvalue weighted by atomic mass is 35.5. The van der Waals surface area contributed by atoms with Gasteiger partial charge in [0.1, 0.15) is 46.7 Å². The van der Waals surface area contributed by atoms with Crippen LogP contribution in [0.1, 0.15) is 86.8 Å². The first-order chi connectivity index (χ1) is 69.3. The Labute approximate surface area is 860 Å². The van der Waals surface area contributed by atoms with E-state index in [-0.39, 0.29) is 106 Å². The molecule has 16 amide bonds. The maximum atomic E-state index is 13.2. The lowest BCUT2D eigenvalue weighted by Gasteiger charge is -2.27. The van der Waals surface area contributed by atoms with Crippen molar-refractivity contribution >= 4 is 272 Å². The largest absolute Gasteiger partial charge is 0.476 e. The van der Waals surface area contributed by atoms with Gasteiger partial charge in [-0.1, -0.05) is 46.4 Å². The number of imide groups is 4. The Balaban J connectivity index is 0.000000133. The number of hydrogen-bond donors (Lipinski definition) is 11. The second-order valence-electron chi connectivity index (χ2n) is 32.1. The molecule has 11 N–H and O–H groups in total. The normalized spacial score (nSPS) is 15.3. The number of rotatable bonds is 22. The van der Waals surface area contributed by atoms with E-state index in [1.165, 1.54) is 122 Å². The van der Waals surface area contributed by atoms with E-state index in [1.807, 2.05) is 49.2 Å². The van der Waals surface area contributed by atoms with Crippen molar-refractivity contribution in [3.63, 3.8) is 0 Å². The van der Waals surface area contributed by atoms with Crippen molar-refractivity contribution in [3.05, 3.63) is 261 Å². The second-order valence-corrected chi connectivity index (χ2v) is 46.6. The van der Waals surface area contributed by atoms with Crippen LogP contribution in [-0.4, -0.2) is 201 Å². The molecule has 55 heteroatoms. The molecule has 0 spiro atoms. The maximum Gasteiger partial charge on any atom is 0.333 e. The van der Waals surface area contributed by atoms with Crippen molar-refractivity contribution in [2.75, 3.05) is 122 Å². The summed E-state index contributed by atoms with van der Waals surface area (Å²) in [6.45, 7) is 7.78. The fourth-order valence-electron chi connectivity index (χ4n) is 15.9. The van der Waals surface area contributed by atoms with E-state index in [0.717, 1.165) is 170 Å². The average molecular weight is 2200 g/mol. The minimum atomic E-state index is -4.10. The van der Waals surface area contributed by atoms with Crippen LogP contribution in [-0.2, 0) is 107 Å². The van der Waals surface area contributed by atoms with E-state index in [9.17, 15) is 91.2 Å². The number of nitrogens with zero attached hydrogens (tertiary/aromatic N) is 10. The summed E-state index contributed by atoms with van der Waals surface area (Å²) in [6, 6.07) is 35.6. The highest BCUT2D eigenvalue weighted by molar-refractivity contribution is 7.93. The van der Waals surface area contributed by atoms with Gasteiger partial charge in [0.25, 0.3) is 63.7 Å². The number of aliphatic imine (C=N–C) groups is 1. The lowest BCUT2D eigenvalue weighted by Crippen LogP contribution is -2.43. The van der Waals surface area contributed by atoms with Gasteiger partial charge >= 0.3 is 24.1 Å². The first kappa shape index (κ1) is 102. The van der Waals surface area contributed by atoms with Crippen LogP contribution in [0.3, 0.4) is 0 Å². The summed E-state index contributed by atoms with van der Waals surface area (Å²) in [5.41, 5.74) is 10.4. The Hall–Kier alpha value is -14.3. The molecule has 0 atom stereocenters. The van der Waals surface area contributed by atoms with Crippen LogP contribution in [0, 0.1) is 0 Å². The van der Waals surface area contributed by atoms with Crippen LogP contribution in [0.4, 0.5) is 82.3 Å². The maximum absolute atomic E-state index is 13.2. The summed E-state index contributed by atoms with van der Waals surface area (Å²) in [5, 5.41) is 19.3. The number of morpholine rings is 1. The van der Waals surface area contributed by atoms with Gasteiger partial charge in [0, 0.05) is 77.6 Å². The molecule has 20 rings (SSSR count). The summed E-state index contributed by atoms with van der Waals surface area (Å²) >= 11 is 26.3. The quantitative estimate of drug-likeness (QED) is 0.0222. The highest BCUT2D eigenvalue weighted by Gasteiger charge is 2.41. The molecule has 8 aliphatic rings. The number of pyridine rings is 4. The van der Waals surface area contributed by atoms with E-state index in [1.54, 1.807) is 30.3 Å². The molecule has 145 heavy (non-hydrogen) atoms. The Kier molecular flexibility index (Phi) is 30.5. The second kappa shape index (κ2) is 43.3. The summed E-state index contributed by atoms with van der Waals surface area (Å²) in [4.78, 5) is 179. The van der Waals surface area contributed by atoms with Gasteiger partial charge in [-0.2, -0.15) is 0 Å². The zero-order valence-corrected chi connectivity index (χ0v) is 84.1. The fourth-order valence-corrected chi connectivity index (χ4v) is 25.4. The zero-order valence-electron chi connectivity index (χ0n) is 74.6. The van der Waals surface area contributed by atoms with Gasteiger partial charge in [-0.25, -0.2) is 116 Å². The van der Waals surface area contributed by atoms with Gasteiger partial charge in [0.2, 0.25) is 29.5 Å². The predicted molar refractivity (Wildman–Crippen MR) is 542 cm³/mol. The summed E-state index contributed by atoms with van der Waals surface area (Å²) < 4.78 is 117. The number of nitrogens with one attached hydrogen (secondary N) is 11. The van der Waals surface area contributed by atoms with Crippen LogP contribution < -0.4 is 75.7 Å². The first-order valence-corrected chi connectivity index (χ1v) is 54.0. The van der Waals surface area contributed by atoms with Gasteiger partial charge in [-0.3, -0.25) is 43.3 Å². The van der Waals surface area contributed by atoms with E-state index >= 15 is 0 Å². The molecule has 1 fully saturated rings.